The highest BCUT2D eigenvalue weighted by atomic mass is 16.5. The Morgan fingerprint density at radius 3 is 2.31 bits per heavy atom. The second-order valence-electron chi connectivity index (χ2n) is 8.24. The second-order valence-corrected chi connectivity index (χ2v) is 8.24. The van der Waals surface area contributed by atoms with Crippen LogP contribution in [0.1, 0.15) is 56.2 Å². The summed E-state index contributed by atoms with van der Waals surface area (Å²) in [6.07, 6.45) is 0.961. The molecule has 0 spiro atoms. The maximum Gasteiger partial charge on any atom is 0.150 e. The lowest BCUT2D eigenvalue weighted by molar-refractivity contribution is 0.219. The minimum Gasteiger partial charge on any atom is -0.360 e. The Labute approximate surface area is 156 Å². The fraction of sp³-hybridized carbons (Fsp3) is 0.650. The number of aromatic nitrogens is 3. The normalized spacial score (nSPS) is 16.3. The third-order valence-electron chi connectivity index (χ3n) is 4.94. The van der Waals surface area contributed by atoms with Gasteiger partial charge >= 0.3 is 0 Å². The van der Waals surface area contributed by atoms with E-state index in [0.29, 0.717) is 0 Å². The standard InChI is InChI=1S/C20H31N5O/c1-7-17-15(3)21-19(20(4,5)6)22-18(17)25-10-8-24(9-11-25)13-16-12-14(2)23-26-16/h12H,7-11,13H2,1-6H3. The molecule has 0 unspecified atom stereocenters. The molecule has 2 aromatic heterocycles. The largest absolute Gasteiger partial charge is 0.360 e. The van der Waals surface area contributed by atoms with Gasteiger partial charge in [0.25, 0.3) is 0 Å². The summed E-state index contributed by atoms with van der Waals surface area (Å²) in [5.74, 6) is 3.00. The van der Waals surface area contributed by atoms with E-state index < -0.39 is 0 Å². The Hall–Kier alpha value is -1.95. The first-order chi connectivity index (χ1) is 12.3. The summed E-state index contributed by atoms with van der Waals surface area (Å²) in [4.78, 5) is 14.6. The third kappa shape index (κ3) is 4.06. The molecule has 1 fully saturated rings. The van der Waals surface area contributed by atoms with Gasteiger partial charge in [0.2, 0.25) is 0 Å². The number of nitrogens with zero attached hydrogens (tertiary/aromatic N) is 5. The molecule has 1 aliphatic heterocycles. The highest BCUT2D eigenvalue weighted by Gasteiger charge is 2.25. The van der Waals surface area contributed by atoms with Gasteiger partial charge in [0.15, 0.2) is 5.76 Å². The van der Waals surface area contributed by atoms with Gasteiger partial charge < -0.3 is 9.42 Å². The summed E-state index contributed by atoms with van der Waals surface area (Å²) in [5, 5.41) is 3.98. The number of rotatable bonds is 4. The SMILES string of the molecule is CCc1c(C)nc(C(C)(C)C)nc1N1CCN(Cc2cc(C)no2)CC1. The molecule has 0 atom stereocenters. The molecule has 0 saturated carbocycles. The maximum absolute atomic E-state index is 5.36. The topological polar surface area (TPSA) is 58.3 Å². The monoisotopic (exact) mass is 357 g/mol. The van der Waals surface area contributed by atoms with Crippen LogP contribution < -0.4 is 4.90 Å². The molecule has 0 aromatic carbocycles. The van der Waals surface area contributed by atoms with Crippen molar-refractivity contribution >= 4 is 5.82 Å². The smallest absolute Gasteiger partial charge is 0.150 e. The van der Waals surface area contributed by atoms with Crippen LogP contribution in [-0.4, -0.2) is 46.2 Å². The zero-order valence-electron chi connectivity index (χ0n) is 17.0. The zero-order valence-corrected chi connectivity index (χ0v) is 17.0. The van der Waals surface area contributed by atoms with E-state index in [1.54, 1.807) is 0 Å². The second kappa shape index (κ2) is 7.35. The van der Waals surface area contributed by atoms with Crippen LogP contribution in [0.15, 0.2) is 10.6 Å². The van der Waals surface area contributed by atoms with Crippen LogP contribution in [-0.2, 0) is 18.4 Å². The third-order valence-corrected chi connectivity index (χ3v) is 4.94. The average molecular weight is 358 g/mol. The Morgan fingerprint density at radius 1 is 1.08 bits per heavy atom. The molecule has 2 aromatic rings. The van der Waals surface area contributed by atoms with Crippen molar-refractivity contribution in [3.63, 3.8) is 0 Å². The number of piperazine rings is 1. The summed E-state index contributed by atoms with van der Waals surface area (Å²) in [6.45, 7) is 17.6. The van der Waals surface area contributed by atoms with Crippen LogP contribution in [0.25, 0.3) is 0 Å². The van der Waals surface area contributed by atoms with Crippen LogP contribution in [0.2, 0.25) is 0 Å². The fourth-order valence-corrected chi connectivity index (χ4v) is 3.42. The summed E-state index contributed by atoms with van der Waals surface area (Å²) in [7, 11) is 0. The van der Waals surface area contributed by atoms with Crippen LogP contribution >= 0.6 is 0 Å². The lowest BCUT2D eigenvalue weighted by Crippen LogP contribution is -2.46. The lowest BCUT2D eigenvalue weighted by atomic mass is 9.95. The number of aryl methyl sites for hydroxylation is 2. The van der Waals surface area contributed by atoms with Crippen LogP contribution in [0, 0.1) is 13.8 Å². The molecule has 0 aliphatic carbocycles. The minimum atomic E-state index is -0.0439. The van der Waals surface area contributed by atoms with Crippen molar-refractivity contribution in [2.24, 2.45) is 0 Å². The summed E-state index contributed by atoms with van der Waals surface area (Å²) in [6, 6.07) is 2.02. The molecule has 0 amide bonds. The van der Waals surface area contributed by atoms with E-state index in [-0.39, 0.29) is 5.41 Å². The number of hydrogen-bond donors (Lipinski definition) is 0. The zero-order chi connectivity index (χ0) is 18.9. The molecule has 0 bridgehead atoms. The molecule has 3 heterocycles. The van der Waals surface area contributed by atoms with Crippen molar-refractivity contribution in [3.05, 3.63) is 34.6 Å². The molecule has 0 N–H and O–H groups in total. The van der Waals surface area contributed by atoms with Gasteiger partial charge in [-0.05, 0) is 20.3 Å². The summed E-state index contributed by atoms with van der Waals surface area (Å²) in [5.41, 5.74) is 3.29. The van der Waals surface area contributed by atoms with Crippen molar-refractivity contribution in [2.75, 3.05) is 31.1 Å². The van der Waals surface area contributed by atoms with Crippen molar-refractivity contribution < 1.29 is 4.52 Å². The van der Waals surface area contributed by atoms with Crippen molar-refractivity contribution in [2.45, 2.75) is 59.9 Å². The van der Waals surface area contributed by atoms with E-state index in [0.717, 1.165) is 67.9 Å². The molecule has 1 saturated heterocycles. The van der Waals surface area contributed by atoms with Gasteiger partial charge in [0.1, 0.15) is 11.6 Å². The molecule has 3 rings (SSSR count). The highest BCUT2D eigenvalue weighted by molar-refractivity contribution is 5.50. The number of hydrogen-bond acceptors (Lipinski definition) is 6. The molecule has 6 heteroatoms. The predicted molar refractivity (Wildman–Crippen MR) is 104 cm³/mol. The van der Waals surface area contributed by atoms with Crippen LogP contribution in [0.5, 0.6) is 0 Å². The maximum atomic E-state index is 5.36. The quantitative estimate of drug-likeness (QED) is 0.837. The lowest BCUT2D eigenvalue weighted by Gasteiger charge is -2.36. The first-order valence-corrected chi connectivity index (χ1v) is 9.55. The van der Waals surface area contributed by atoms with E-state index in [1.807, 2.05) is 13.0 Å². The Balaban J connectivity index is 1.75. The van der Waals surface area contributed by atoms with E-state index in [4.69, 9.17) is 14.5 Å². The Bertz CT molecular complexity index is 754. The Kier molecular flexibility index (Phi) is 5.32. The van der Waals surface area contributed by atoms with E-state index >= 15 is 0 Å². The van der Waals surface area contributed by atoms with E-state index in [9.17, 15) is 0 Å². The van der Waals surface area contributed by atoms with Gasteiger partial charge in [-0.25, -0.2) is 9.97 Å². The van der Waals surface area contributed by atoms with Crippen molar-refractivity contribution in [1.82, 2.24) is 20.0 Å². The highest BCUT2D eigenvalue weighted by Crippen LogP contribution is 2.27. The molecule has 26 heavy (non-hydrogen) atoms. The van der Waals surface area contributed by atoms with Gasteiger partial charge in [-0.15, -0.1) is 0 Å². The molecule has 0 radical (unpaired) electrons. The molecule has 1 aliphatic rings. The Morgan fingerprint density at radius 2 is 1.77 bits per heavy atom. The number of anilines is 1. The summed E-state index contributed by atoms with van der Waals surface area (Å²) < 4.78 is 5.36. The molecule has 142 valence electrons. The first kappa shape index (κ1) is 18.8. The predicted octanol–water partition coefficient (Wildman–Crippen LogP) is 3.26. The van der Waals surface area contributed by atoms with Crippen molar-refractivity contribution in [3.8, 4) is 0 Å². The molecule has 6 nitrogen and oxygen atoms in total. The van der Waals surface area contributed by atoms with Crippen LogP contribution in [0.4, 0.5) is 5.82 Å². The van der Waals surface area contributed by atoms with E-state index in [2.05, 4.69) is 49.6 Å². The van der Waals surface area contributed by atoms with E-state index in [1.165, 1.54) is 5.56 Å². The molecular weight excluding hydrogens is 326 g/mol. The van der Waals surface area contributed by atoms with Crippen molar-refractivity contribution in [1.29, 1.82) is 0 Å². The van der Waals surface area contributed by atoms with Crippen LogP contribution in [0.3, 0.4) is 0 Å². The van der Waals surface area contributed by atoms with Gasteiger partial charge in [0, 0.05) is 48.9 Å². The van der Waals surface area contributed by atoms with Gasteiger partial charge in [-0.1, -0.05) is 32.9 Å². The van der Waals surface area contributed by atoms with Gasteiger partial charge in [0.05, 0.1) is 12.2 Å². The minimum absolute atomic E-state index is 0.0439. The fourth-order valence-electron chi connectivity index (χ4n) is 3.42. The average Bonchev–Trinajstić information content (AvgIpc) is 2.99. The van der Waals surface area contributed by atoms with Gasteiger partial charge in [-0.2, -0.15) is 0 Å². The first-order valence-electron chi connectivity index (χ1n) is 9.55. The van der Waals surface area contributed by atoms with Gasteiger partial charge in [-0.3, -0.25) is 4.90 Å². The molecular formula is C20H31N5O. The summed E-state index contributed by atoms with van der Waals surface area (Å²) >= 11 is 0.